The number of amides is 1. The molecule has 3 nitrogen and oxygen atoms in total. The Morgan fingerprint density at radius 1 is 1.15 bits per heavy atom. The fraction of sp³-hybridized carbons (Fsp3) is 0.450. The highest BCUT2D eigenvalue weighted by molar-refractivity contribution is 5.87. The van der Waals surface area contributed by atoms with E-state index in [1.54, 1.807) is 26.0 Å². The number of halogens is 3. The van der Waals surface area contributed by atoms with Gasteiger partial charge < -0.3 is 0 Å². The van der Waals surface area contributed by atoms with Crippen LogP contribution in [0.2, 0.25) is 0 Å². The van der Waals surface area contributed by atoms with Crippen LogP contribution in [0.5, 0.6) is 0 Å². The van der Waals surface area contributed by atoms with E-state index in [-0.39, 0.29) is 17.9 Å². The van der Waals surface area contributed by atoms with Crippen LogP contribution in [-0.4, -0.2) is 22.6 Å². The molecular weight excluding hydrogens is 341 g/mol. The van der Waals surface area contributed by atoms with Gasteiger partial charge in [0.1, 0.15) is 0 Å². The Balaban J connectivity index is 2.21. The molecule has 6 heteroatoms. The van der Waals surface area contributed by atoms with E-state index in [1.807, 2.05) is 38.1 Å². The van der Waals surface area contributed by atoms with Gasteiger partial charge in [0.15, 0.2) is 6.04 Å². The second-order valence-corrected chi connectivity index (χ2v) is 7.82. The molecule has 0 aromatic heterocycles. The maximum absolute atomic E-state index is 14.1. The number of carbonyl (C=O) groups excluding carboxylic acids is 1. The van der Waals surface area contributed by atoms with Crippen molar-refractivity contribution in [2.45, 2.75) is 57.8 Å². The van der Waals surface area contributed by atoms with Gasteiger partial charge in [0.05, 0.1) is 0 Å². The molecule has 1 aliphatic rings. The second-order valence-electron chi connectivity index (χ2n) is 7.82. The van der Waals surface area contributed by atoms with Crippen LogP contribution < -0.4 is 5.43 Å². The van der Waals surface area contributed by atoms with Gasteiger partial charge in [-0.25, -0.2) is 0 Å². The molecule has 1 saturated heterocycles. The van der Waals surface area contributed by atoms with Crippen LogP contribution in [0.15, 0.2) is 36.4 Å². The Labute approximate surface area is 151 Å². The molecule has 1 amide bonds. The molecule has 3 rings (SSSR count). The summed E-state index contributed by atoms with van der Waals surface area (Å²) in [6.07, 6.45) is -4.49. The van der Waals surface area contributed by atoms with E-state index in [9.17, 15) is 18.0 Å². The molecule has 0 spiro atoms. The fourth-order valence-corrected chi connectivity index (χ4v) is 3.70. The quantitative estimate of drug-likeness (QED) is 0.823. The minimum atomic E-state index is -4.52. The van der Waals surface area contributed by atoms with Crippen LogP contribution >= 0.6 is 0 Å². The van der Waals surface area contributed by atoms with Crippen molar-refractivity contribution in [1.82, 2.24) is 10.4 Å². The van der Waals surface area contributed by atoms with E-state index in [0.29, 0.717) is 0 Å². The first-order valence-electron chi connectivity index (χ1n) is 8.69. The average molecular weight is 364 g/mol. The lowest BCUT2D eigenvalue weighted by Crippen LogP contribution is -2.51. The lowest BCUT2D eigenvalue weighted by atomic mass is 9.90. The number of hydrogen-bond donors (Lipinski definition) is 1. The number of hydrogen-bond acceptors (Lipinski definition) is 2. The number of nitrogens with zero attached hydrogens (tertiary/aromatic N) is 1. The minimum absolute atomic E-state index is 0.0319. The van der Waals surface area contributed by atoms with Crippen molar-refractivity contribution in [2.24, 2.45) is 0 Å². The highest BCUT2D eigenvalue weighted by Gasteiger charge is 2.53. The van der Waals surface area contributed by atoms with Crippen molar-refractivity contribution in [3.63, 3.8) is 0 Å². The summed E-state index contributed by atoms with van der Waals surface area (Å²) < 4.78 is 42.2. The van der Waals surface area contributed by atoms with E-state index in [4.69, 9.17) is 0 Å². The Bertz CT molecular complexity index is 843. The maximum Gasteiger partial charge on any atom is 0.409 e. The fourth-order valence-electron chi connectivity index (χ4n) is 3.70. The number of carbonyl (C=O) groups is 1. The summed E-state index contributed by atoms with van der Waals surface area (Å²) in [5.74, 6) is -0.316. The average Bonchev–Trinajstić information content (AvgIpc) is 2.77. The van der Waals surface area contributed by atoms with Gasteiger partial charge in [-0.2, -0.15) is 18.2 Å². The van der Waals surface area contributed by atoms with E-state index >= 15 is 0 Å². The van der Waals surface area contributed by atoms with Crippen molar-refractivity contribution >= 4 is 16.7 Å². The zero-order valence-electron chi connectivity index (χ0n) is 15.3. The largest absolute Gasteiger partial charge is 0.409 e. The Hall–Kier alpha value is -2.08. The van der Waals surface area contributed by atoms with Gasteiger partial charge in [-0.15, -0.1) is 0 Å². The van der Waals surface area contributed by atoms with Gasteiger partial charge in [0, 0.05) is 12.0 Å². The van der Waals surface area contributed by atoms with Crippen molar-refractivity contribution in [3.8, 4) is 0 Å². The number of hydrazine groups is 1. The summed E-state index contributed by atoms with van der Waals surface area (Å²) in [6.45, 7) is 7.23. The first-order chi connectivity index (χ1) is 12.0. The van der Waals surface area contributed by atoms with Crippen LogP contribution in [0.1, 0.15) is 57.2 Å². The van der Waals surface area contributed by atoms with Gasteiger partial charge in [-0.3, -0.25) is 10.2 Å². The Kier molecular flexibility index (Phi) is 4.51. The second kappa shape index (κ2) is 6.27. The van der Waals surface area contributed by atoms with Crippen molar-refractivity contribution in [2.75, 3.05) is 0 Å². The third-order valence-corrected chi connectivity index (χ3v) is 4.91. The summed E-state index contributed by atoms with van der Waals surface area (Å²) in [7, 11) is 0. The molecular formula is C20H23F3N2O. The molecule has 1 fully saturated rings. The molecule has 26 heavy (non-hydrogen) atoms. The maximum atomic E-state index is 14.1. The third kappa shape index (κ3) is 3.30. The predicted molar refractivity (Wildman–Crippen MR) is 95.5 cm³/mol. The number of fused-ring (bicyclic) bond motifs is 1. The van der Waals surface area contributed by atoms with Gasteiger partial charge in [-0.05, 0) is 47.7 Å². The number of alkyl halides is 3. The smallest absolute Gasteiger partial charge is 0.287 e. The molecule has 0 bridgehead atoms. The summed E-state index contributed by atoms with van der Waals surface area (Å²) in [6, 6.07) is 8.78. The molecule has 1 unspecified atom stereocenters. The summed E-state index contributed by atoms with van der Waals surface area (Å²) in [4.78, 5) is 11.8. The summed E-state index contributed by atoms with van der Waals surface area (Å²) >= 11 is 0. The van der Waals surface area contributed by atoms with Gasteiger partial charge >= 0.3 is 6.18 Å². The standard InChI is InChI=1S/C20H23F3N2O/c1-12(2)16-10-14(9-13-7-5-6-8-15(13)16)18(20(21,22)23)25-19(3,4)11-17(26)24-25/h5-10,12,18H,11H2,1-4H3,(H,24,26). The van der Waals surface area contributed by atoms with Crippen molar-refractivity contribution in [1.29, 1.82) is 0 Å². The lowest BCUT2D eigenvalue weighted by molar-refractivity contribution is -0.203. The Morgan fingerprint density at radius 3 is 2.35 bits per heavy atom. The summed E-state index contributed by atoms with van der Waals surface area (Å²) in [5, 5.41) is 2.78. The van der Waals surface area contributed by atoms with E-state index < -0.39 is 23.7 Å². The molecule has 140 valence electrons. The number of nitrogens with one attached hydrogen (secondary N) is 1. The Morgan fingerprint density at radius 2 is 1.81 bits per heavy atom. The van der Waals surface area contributed by atoms with E-state index in [0.717, 1.165) is 21.3 Å². The van der Waals surface area contributed by atoms with Gasteiger partial charge in [-0.1, -0.05) is 44.2 Å². The SMILES string of the molecule is CC(C)c1cc(C(N2NC(=O)CC2(C)C)C(F)(F)F)cc2ccccc12. The van der Waals surface area contributed by atoms with Crippen LogP contribution in [-0.2, 0) is 4.79 Å². The number of benzene rings is 2. The molecule has 1 N–H and O–H groups in total. The molecule has 0 aliphatic carbocycles. The molecule has 0 radical (unpaired) electrons. The topological polar surface area (TPSA) is 32.3 Å². The first kappa shape index (κ1) is 18.7. The molecule has 2 aromatic rings. The van der Waals surface area contributed by atoms with E-state index in [1.165, 1.54) is 0 Å². The minimum Gasteiger partial charge on any atom is -0.287 e. The normalized spacial score (nSPS) is 19.2. The molecule has 2 aromatic carbocycles. The number of rotatable bonds is 3. The van der Waals surface area contributed by atoms with Crippen LogP contribution in [0.25, 0.3) is 10.8 Å². The highest BCUT2D eigenvalue weighted by atomic mass is 19.4. The summed E-state index contributed by atoms with van der Waals surface area (Å²) in [5.41, 5.74) is 2.51. The zero-order valence-corrected chi connectivity index (χ0v) is 15.3. The zero-order chi connectivity index (χ0) is 19.3. The lowest BCUT2D eigenvalue weighted by Gasteiger charge is -2.38. The molecule has 1 aliphatic heterocycles. The van der Waals surface area contributed by atoms with Crippen molar-refractivity contribution in [3.05, 3.63) is 47.5 Å². The molecule has 1 atom stereocenters. The highest BCUT2D eigenvalue weighted by Crippen LogP contribution is 2.44. The van der Waals surface area contributed by atoms with E-state index in [2.05, 4.69) is 5.43 Å². The molecule has 1 heterocycles. The van der Waals surface area contributed by atoms with Gasteiger partial charge in [0.2, 0.25) is 5.91 Å². The predicted octanol–water partition coefficient (Wildman–Crippen LogP) is 5.08. The van der Waals surface area contributed by atoms with Crippen LogP contribution in [0.4, 0.5) is 13.2 Å². The van der Waals surface area contributed by atoms with Crippen LogP contribution in [0.3, 0.4) is 0 Å². The first-order valence-corrected chi connectivity index (χ1v) is 8.69. The van der Waals surface area contributed by atoms with Crippen molar-refractivity contribution < 1.29 is 18.0 Å². The van der Waals surface area contributed by atoms with Crippen LogP contribution in [0, 0.1) is 0 Å². The van der Waals surface area contributed by atoms with Gasteiger partial charge in [0.25, 0.3) is 0 Å². The third-order valence-electron chi connectivity index (χ3n) is 4.91. The molecule has 0 saturated carbocycles. The monoisotopic (exact) mass is 364 g/mol.